The number of amides is 1. The number of fused-ring (bicyclic) bond motifs is 3. The van der Waals surface area contributed by atoms with E-state index in [2.05, 4.69) is 20.9 Å². The molecule has 0 aliphatic carbocycles. The van der Waals surface area contributed by atoms with Gasteiger partial charge in [-0.3, -0.25) is 4.90 Å². The molecule has 2 fully saturated rings. The summed E-state index contributed by atoms with van der Waals surface area (Å²) in [6, 6.07) is 0.717. The maximum absolute atomic E-state index is 13.4. The number of oxazole rings is 1. The first-order valence-electron chi connectivity index (χ1n) is 7.78. The quantitative estimate of drug-likeness (QED) is 0.682. The maximum Gasteiger partial charge on any atom is 0.420 e. The Morgan fingerprint density at radius 2 is 1.96 bits per heavy atom. The number of aromatic nitrogens is 1. The van der Waals surface area contributed by atoms with Gasteiger partial charge in [0.25, 0.3) is 6.01 Å². The zero-order valence-corrected chi connectivity index (χ0v) is 15.4. The van der Waals surface area contributed by atoms with E-state index in [1.54, 1.807) is 4.90 Å². The lowest BCUT2D eigenvalue weighted by Crippen LogP contribution is -2.55. The summed E-state index contributed by atoms with van der Waals surface area (Å²) in [5.74, 6) is 0. The number of nitrogens with zero attached hydrogens (tertiary/aromatic N) is 3. The predicted molar refractivity (Wildman–Crippen MR) is 90.6 cm³/mol. The topological polar surface area (TPSA) is 69.8 Å². The van der Waals surface area contributed by atoms with Crippen molar-refractivity contribution in [3.63, 3.8) is 0 Å². The van der Waals surface area contributed by atoms with Gasteiger partial charge < -0.3 is 14.4 Å². The number of carboxylic acid groups (broad SMARTS) is 1. The smallest absolute Gasteiger partial charge is 0.420 e. The Morgan fingerprint density at radius 1 is 1.35 bits per heavy atom. The van der Waals surface area contributed by atoms with Crippen LogP contribution in [0, 0.1) is 0 Å². The zero-order chi connectivity index (χ0) is 18.8. The molecule has 1 aromatic carbocycles. The van der Waals surface area contributed by atoms with Gasteiger partial charge in [-0.1, -0.05) is 11.6 Å². The largest absolute Gasteiger partial charge is 0.465 e. The molecule has 2 aliphatic heterocycles. The number of hydrogen-bond donors (Lipinski definition) is 1. The van der Waals surface area contributed by atoms with E-state index < -0.39 is 22.9 Å². The lowest BCUT2D eigenvalue weighted by molar-refractivity contribution is -0.136. The second-order valence-electron chi connectivity index (χ2n) is 6.37. The molecular weight excluding hydrogens is 443 g/mol. The van der Waals surface area contributed by atoms with E-state index in [0.29, 0.717) is 25.9 Å². The van der Waals surface area contributed by atoms with Crippen LogP contribution in [0.15, 0.2) is 15.0 Å². The molecule has 4 rings (SSSR count). The Labute approximate surface area is 158 Å². The van der Waals surface area contributed by atoms with Crippen molar-refractivity contribution in [2.45, 2.75) is 31.1 Å². The van der Waals surface area contributed by atoms with Gasteiger partial charge >= 0.3 is 12.3 Å². The van der Waals surface area contributed by atoms with Crippen molar-refractivity contribution < 1.29 is 27.5 Å². The van der Waals surface area contributed by atoms with E-state index >= 15 is 0 Å². The van der Waals surface area contributed by atoms with Crippen LogP contribution in [0.25, 0.3) is 11.1 Å². The predicted octanol–water partition coefficient (Wildman–Crippen LogP) is 4.59. The Balaban J connectivity index is 1.76. The third-order valence-electron chi connectivity index (χ3n) is 4.82. The van der Waals surface area contributed by atoms with Gasteiger partial charge in [-0.2, -0.15) is 18.2 Å². The molecule has 3 heterocycles. The van der Waals surface area contributed by atoms with E-state index in [4.69, 9.17) is 16.0 Å². The molecule has 0 spiro atoms. The van der Waals surface area contributed by atoms with Crippen LogP contribution in [-0.2, 0) is 6.18 Å². The minimum absolute atomic E-state index is 0.0373. The third kappa shape index (κ3) is 2.70. The van der Waals surface area contributed by atoms with Gasteiger partial charge in [0.15, 0.2) is 5.58 Å². The first kappa shape index (κ1) is 17.7. The van der Waals surface area contributed by atoms with E-state index in [-0.39, 0.29) is 33.7 Å². The first-order chi connectivity index (χ1) is 12.2. The van der Waals surface area contributed by atoms with Crippen LogP contribution in [0.1, 0.15) is 18.4 Å². The number of anilines is 1. The van der Waals surface area contributed by atoms with Gasteiger partial charge in [0.05, 0.1) is 21.6 Å². The van der Waals surface area contributed by atoms with Gasteiger partial charge in [0.1, 0.15) is 11.1 Å². The van der Waals surface area contributed by atoms with Crippen LogP contribution in [0.3, 0.4) is 0 Å². The number of hydrogen-bond acceptors (Lipinski definition) is 4. The molecule has 2 aromatic rings. The fraction of sp³-hybridized carbons (Fsp3) is 0.467. The van der Waals surface area contributed by atoms with Crippen LogP contribution in [-0.4, -0.2) is 46.3 Å². The normalized spacial score (nSPS) is 23.1. The van der Waals surface area contributed by atoms with Crippen molar-refractivity contribution >= 4 is 50.7 Å². The van der Waals surface area contributed by atoms with Gasteiger partial charge in [-0.15, -0.1) is 0 Å². The van der Waals surface area contributed by atoms with Crippen molar-refractivity contribution in [2.75, 3.05) is 18.0 Å². The molecule has 26 heavy (non-hydrogen) atoms. The van der Waals surface area contributed by atoms with Crippen LogP contribution in [0.2, 0.25) is 5.02 Å². The van der Waals surface area contributed by atoms with Gasteiger partial charge in [0.2, 0.25) is 0 Å². The number of rotatable bonds is 1. The Morgan fingerprint density at radius 3 is 2.50 bits per heavy atom. The highest BCUT2D eigenvalue weighted by Gasteiger charge is 2.44. The number of alkyl halides is 3. The van der Waals surface area contributed by atoms with Crippen molar-refractivity contribution in [3.8, 4) is 0 Å². The number of carbonyl (C=O) groups is 1. The highest BCUT2D eigenvalue weighted by Crippen LogP contribution is 2.44. The molecule has 2 unspecified atom stereocenters. The SMILES string of the molecule is O=C(O)N1C2CCC1CN(c1nc3c(C(F)(F)F)c(Cl)cc(Br)c3o1)C2. The number of piperazine rings is 1. The van der Waals surface area contributed by atoms with Gasteiger partial charge in [0, 0.05) is 13.1 Å². The Kier molecular flexibility index (Phi) is 4.03. The molecule has 2 aliphatic rings. The number of halogens is 5. The van der Waals surface area contributed by atoms with Crippen molar-refractivity contribution in [1.29, 1.82) is 0 Å². The fourth-order valence-electron chi connectivity index (χ4n) is 3.78. The molecule has 2 bridgehead atoms. The zero-order valence-electron chi connectivity index (χ0n) is 13.1. The van der Waals surface area contributed by atoms with Gasteiger partial charge in [-0.25, -0.2) is 4.79 Å². The van der Waals surface area contributed by atoms with Crippen LogP contribution >= 0.6 is 27.5 Å². The van der Waals surface area contributed by atoms with Gasteiger partial charge in [-0.05, 0) is 34.8 Å². The summed E-state index contributed by atoms with van der Waals surface area (Å²) in [5.41, 5.74) is -1.44. The van der Waals surface area contributed by atoms with Crippen LogP contribution in [0.5, 0.6) is 0 Å². The van der Waals surface area contributed by atoms with Crippen molar-refractivity contribution in [2.24, 2.45) is 0 Å². The lowest BCUT2D eigenvalue weighted by atomic mass is 10.2. The molecule has 6 nitrogen and oxygen atoms in total. The van der Waals surface area contributed by atoms with Crippen LogP contribution < -0.4 is 4.90 Å². The Bertz CT molecular complexity index is 890. The second kappa shape index (κ2) is 5.91. The summed E-state index contributed by atoms with van der Waals surface area (Å²) < 4.78 is 46.0. The van der Waals surface area contributed by atoms with E-state index in [0.717, 1.165) is 6.07 Å². The molecular formula is C15H12BrClF3N3O3. The highest BCUT2D eigenvalue weighted by molar-refractivity contribution is 9.10. The molecule has 1 aromatic heterocycles. The lowest BCUT2D eigenvalue weighted by Gasteiger charge is -2.38. The highest BCUT2D eigenvalue weighted by atomic mass is 79.9. The molecule has 0 radical (unpaired) electrons. The average molecular weight is 455 g/mol. The fourth-order valence-corrected chi connectivity index (χ4v) is 4.71. The summed E-state index contributed by atoms with van der Waals surface area (Å²) in [6.07, 6.45) is -4.25. The molecule has 11 heteroatoms. The maximum atomic E-state index is 13.4. The summed E-state index contributed by atoms with van der Waals surface area (Å²) in [4.78, 5) is 18.5. The van der Waals surface area contributed by atoms with E-state index in [1.165, 1.54) is 4.90 Å². The van der Waals surface area contributed by atoms with Crippen molar-refractivity contribution in [1.82, 2.24) is 9.88 Å². The third-order valence-corrected chi connectivity index (χ3v) is 5.71. The molecule has 2 saturated heterocycles. The minimum atomic E-state index is -4.68. The number of benzene rings is 1. The Hall–Kier alpha value is -1.68. The van der Waals surface area contributed by atoms with E-state index in [9.17, 15) is 23.1 Å². The average Bonchev–Trinajstić information content (AvgIpc) is 3.06. The summed E-state index contributed by atoms with van der Waals surface area (Å²) in [7, 11) is 0. The van der Waals surface area contributed by atoms with Crippen LogP contribution in [0.4, 0.5) is 24.0 Å². The summed E-state index contributed by atoms with van der Waals surface area (Å²) >= 11 is 8.94. The van der Waals surface area contributed by atoms with Crippen molar-refractivity contribution in [3.05, 3.63) is 21.1 Å². The molecule has 2 atom stereocenters. The molecule has 0 saturated carbocycles. The first-order valence-corrected chi connectivity index (χ1v) is 8.96. The molecule has 1 amide bonds. The second-order valence-corrected chi connectivity index (χ2v) is 7.63. The summed E-state index contributed by atoms with van der Waals surface area (Å²) in [6.45, 7) is 0.644. The minimum Gasteiger partial charge on any atom is -0.465 e. The molecule has 140 valence electrons. The molecule has 1 N–H and O–H groups in total. The monoisotopic (exact) mass is 453 g/mol. The van der Waals surface area contributed by atoms with E-state index in [1.807, 2.05) is 0 Å². The summed E-state index contributed by atoms with van der Waals surface area (Å²) in [5, 5.41) is 8.84. The standard InChI is InChI=1S/C15H12BrClF3N3O3/c16-8-3-9(17)10(15(18,19)20)11-12(8)26-13(21-11)22-4-6-1-2-7(5-22)23(6)14(24)25/h3,6-7H,1-2,4-5H2,(H,24,25).